The molecule has 27 heavy (non-hydrogen) atoms. The van der Waals surface area contributed by atoms with Gasteiger partial charge in [-0.15, -0.1) is 0 Å². The normalized spacial score (nSPS) is 15.6. The summed E-state index contributed by atoms with van der Waals surface area (Å²) >= 11 is 1.39. The first-order chi connectivity index (χ1) is 12.9. The maximum Gasteiger partial charge on any atom is 0.306 e. The van der Waals surface area contributed by atoms with Crippen molar-refractivity contribution in [2.45, 2.75) is 36.1 Å². The van der Waals surface area contributed by atoms with Crippen molar-refractivity contribution in [2.75, 3.05) is 13.1 Å². The van der Waals surface area contributed by atoms with Gasteiger partial charge in [0.25, 0.3) is 5.69 Å². The number of hydrogen-bond acceptors (Lipinski definition) is 5. The predicted molar refractivity (Wildman–Crippen MR) is 104 cm³/mol. The molecule has 2 aromatic rings. The molecular formula is C20H22N2O4S. The number of benzene rings is 2. The Morgan fingerprint density at radius 3 is 2.48 bits per heavy atom. The minimum Gasteiger partial charge on any atom is -0.481 e. The first kappa shape index (κ1) is 19.4. The molecule has 1 N–H and O–H groups in total. The highest BCUT2D eigenvalue weighted by Gasteiger charge is 2.25. The third-order valence-corrected chi connectivity index (χ3v) is 5.88. The van der Waals surface area contributed by atoms with Crippen LogP contribution in [0.3, 0.4) is 0 Å². The van der Waals surface area contributed by atoms with Crippen LogP contribution in [0.4, 0.5) is 5.69 Å². The van der Waals surface area contributed by atoms with Crippen molar-refractivity contribution in [1.29, 1.82) is 0 Å². The van der Waals surface area contributed by atoms with Gasteiger partial charge < -0.3 is 5.11 Å². The van der Waals surface area contributed by atoms with Gasteiger partial charge in [0.05, 0.1) is 15.7 Å². The van der Waals surface area contributed by atoms with E-state index in [4.69, 9.17) is 5.11 Å². The van der Waals surface area contributed by atoms with Crippen molar-refractivity contribution in [3.05, 3.63) is 63.7 Å². The van der Waals surface area contributed by atoms with E-state index >= 15 is 0 Å². The number of aryl methyl sites for hydroxylation is 1. The number of nitro groups is 1. The average molecular weight is 386 g/mol. The minimum atomic E-state index is -0.734. The Hall–Kier alpha value is -2.38. The van der Waals surface area contributed by atoms with E-state index in [0.717, 1.165) is 16.0 Å². The minimum absolute atomic E-state index is 0.110. The van der Waals surface area contributed by atoms with Crippen molar-refractivity contribution in [1.82, 2.24) is 4.90 Å². The van der Waals surface area contributed by atoms with Gasteiger partial charge in [-0.2, -0.15) is 0 Å². The molecule has 6 nitrogen and oxygen atoms in total. The van der Waals surface area contributed by atoms with Crippen LogP contribution in [0.25, 0.3) is 0 Å². The van der Waals surface area contributed by atoms with Crippen LogP contribution in [-0.4, -0.2) is 34.0 Å². The van der Waals surface area contributed by atoms with E-state index < -0.39 is 5.97 Å². The van der Waals surface area contributed by atoms with E-state index in [0.29, 0.717) is 37.4 Å². The molecular weight excluding hydrogens is 364 g/mol. The Labute approximate surface area is 162 Å². The second kappa shape index (κ2) is 8.54. The van der Waals surface area contributed by atoms with Crippen molar-refractivity contribution < 1.29 is 14.8 Å². The number of rotatable bonds is 6. The van der Waals surface area contributed by atoms with Gasteiger partial charge in [0.2, 0.25) is 0 Å². The van der Waals surface area contributed by atoms with Gasteiger partial charge >= 0.3 is 5.97 Å². The molecule has 1 saturated heterocycles. The average Bonchev–Trinajstić information content (AvgIpc) is 2.65. The number of aliphatic carboxylic acids is 1. The summed E-state index contributed by atoms with van der Waals surface area (Å²) in [5.41, 5.74) is 2.14. The summed E-state index contributed by atoms with van der Waals surface area (Å²) in [5.74, 6) is -1.01. The summed E-state index contributed by atoms with van der Waals surface area (Å²) in [6, 6.07) is 13.3. The molecule has 1 aliphatic heterocycles. The lowest BCUT2D eigenvalue weighted by Crippen LogP contribution is -2.35. The van der Waals surface area contributed by atoms with Crippen molar-refractivity contribution in [3.63, 3.8) is 0 Å². The second-order valence-electron chi connectivity index (χ2n) is 6.86. The lowest BCUT2D eigenvalue weighted by Gasteiger charge is -2.30. The number of likely N-dealkylation sites (tertiary alicyclic amines) is 1. The van der Waals surface area contributed by atoms with E-state index in [9.17, 15) is 14.9 Å². The molecule has 142 valence electrons. The van der Waals surface area contributed by atoms with Crippen molar-refractivity contribution in [2.24, 2.45) is 5.92 Å². The maximum atomic E-state index is 11.5. The SMILES string of the molecule is Cc1ccc(Sc2ccc(CN3CCC(C(=O)O)CC3)cc2[N+](=O)[O-])cc1. The largest absolute Gasteiger partial charge is 0.481 e. The Morgan fingerprint density at radius 2 is 1.89 bits per heavy atom. The Bertz CT molecular complexity index is 830. The fourth-order valence-electron chi connectivity index (χ4n) is 3.22. The molecule has 0 bridgehead atoms. The Balaban J connectivity index is 1.71. The summed E-state index contributed by atoms with van der Waals surface area (Å²) < 4.78 is 0. The van der Waals surface area contributed by atoms with E-state index in [1.165, 1.54) is 11.8 Å². The lowest BCUT2D eigenvalue weighted by molar-refractivity contribution is -0.387. The Kier molecular flexibility index (Phi) is 6.13. The Morgan fingerprint density at radius 1 is 1.22 bits per heavy atom. The molecule has 0 unspecified atom stereocenters. The summed E-state index contributed by atoms with van der Waals surface area (Å²) in [7, 11) is 0. The van der Waals surface area contributed by atoms with Crippen LogP contribution < -0.4 is 0 Å². The van der Waals surface area contributed by atoms with Gasteiger partial charge in [0.15, 0.2) is 0 Å². The number of carboxylic acids is 1. The van der Waals surface area contributed by atoms with Crippen LogP contribution in [-0.2, 0) is 11.3 Å². The first-order valence-corrected chi connectivity index (χ1v) is 9.71. The number of piperidine rings is 1. The van der Waals surface area contributed by atoms with Crippen LogP contribution in [0.1, 0.15) is 24.0 Å². The summed E-state index contributed by atoms with van der Waals surface area (Å²) in [6.45, 7) is 4.00. The van der Waals surface area contributed by atoms with Crippen LogP contribution in [0.15, 0.2) is 52.3 Å². The third-order valence-electron chi connectivity index (χ3n) is 4.81. The highest BCUT2D eigenvalue weighted by Crippen LogP contribution is 2.35. The number of carboxylic acid groups (broad SMARTS) is 1. The summed E-state index contributed by atoms with van der Waals surface area (Å²) in [5, 5.41) is 20.6. The molecule has 0 radical (unpaired) electrons. The van der Waals surface area contributed by atoms with Crippen LogP contribution >= 0.6 is 11.8 Å². The van der Waals surface area contributed by atoms with Crippen LogP contribution in [0, 0.1) is 23.0 Å². The fourth-order valence-corrected chi connectivity index (χ4v) is 4.12. The first-order valence-electron chi connectivity index (χ1n) is 8.89. The predicted octanol–water partition coefficient (Wildman–Crippen LogP) is 4.35. The van der Waals surface area contributed by atoms with Gasteiger partial charge in [0, 0.05) is 17.5 Å². The highest BCUT2D eigenvalue weighted by atomic mass is 32.2. The highest BCUT2D eigenvalue weighted by molar-refractivity contribution is 7.99. The number of hydrogen-bond donors (Lipinski definition) is 1. The molecule has 1 aliphatic rings. The summed E-state index contributed by atoms with van der Waals surface area (Å²) in [4.78, 5) is 26.0. The fraction of sp³-hybridized carbons (Fsp3) is 0.350. The molecule has 3 rings (SSSR count). The van der Waals surface area contributed by atoms with Crippen molar-refractivity contribution >= 4 is 23.4 Å². The molecule has 0 aromatic heterocycles. The topological polar surface area (TPSA) is 83.7 Å². The molecule has 2 aromatic carbocycles. The molecule has 1 fully saturated rings. The van der Waals surface area contributed by atoms with Gasteiger partial charge in [-0.1, -0.05) is 35.5 Å². The number of nitrogens with zero attached hydrogens (tertiary/aromatic N) is 2. The molecule has 0 saturated carbocycles. The van der Waals surface area contributed by atoms with Gasteiger partial charge in [-0.3, -0.25) is 19.8 Å². The molecule has 1 heterocycles. The number of carbonyl (C=O) groups is 1. The zero-order chi connectivity index (χ0) is 19.4. The van der Waals surface area contributed by atoms with Gasteiger partial charge in [-0.25, -0.2) is 0 Å². The zero-order valence-corrected chi connectivity index (χ0v) is 15.9. The van der Waals surface area contributed by atoms with E-state index in [1.807, 2.05) is 43.3 Å². The molecule has 7 heteroatoms. The third kappa shape index (κ3) is 5.08. The van der Waals surface area contributed by atoms with Crippen molar-refractivity contribution in [3.8, 4) is 0 Å². The number of nitro benzene ring substituents is 1. The van der Waals surface area contributed by atoms with Gasteiger partial charge in [0.1, 0.15) is 0 Å². The van der Waals surface area contributed by atoms with E-state index in [1.54, 1.807) is 6.07 Å². The van der Waals surface area contributed by atoms with E-state index in [-0.39, 0.29) is 16.5 Å². The quantitative estimate of drug-likeness (QED) is 0.587. The standard InChI is InChI=1S/C20H22N2O4S/c1-14-2-5-17(6-3-14)27-19-7-4-15(12-18(19)22(25)26)13-21-10-8-16(9-11-21)20(23)24/h2-7,12,16H,8-11,13H2,1H3,(H,23,24). The summed E-state index contributed by atoms with van der Waals surface area (Å²) in [6.07, 6.45) is 1.25. The van der Waals surface area contributed by atoms with E-state index in [2.05, 4.69) is 4.90 Å². The molecule has 0 atom stereocenters. The monoisotopic (exact) mass is 386 g/mol. The van der Waals surface area contributed by atoms with Crippen LogP contribution in [0.5, 0.6) is 0 Å². The van der Waals surface area contributed by atoms with Gasteiger partial charge in [-0.05, 0) is 56.6 Å². The maximum absolute atomic E-state index is 11.5. The molecule has 0 aliphatic carbocycles. The molecule has 0 amide bonds. The zero-order valence-electron chi connectivity index (χ0n) is 15.1. The smallest absolute Gasteiger partial charge is 0.306 e. The lowest BCUT2D eigenvalue weighted by atomic mass is 9.97. The second-order valence-corrected chi connectivity index (χ2v) is 7.98. The molecule has 0 spiro atoms. The van der Waals surface area contributed by atoms with Crippen LogP contribution in [0.2, 0.25) is 0 Å².